The Balaban J connectivity index is 2.28. The Labute approximate surface area is 88.6 Å². The average Bonchev–Trinajstić information content (AvgIpc) is 2.27. The molecule has 1 atom stereocenters. The highest BCUT2D eigenvalue weighted by Crippen LogP contribution is 2.24. The molecule has 2 N–H and O–H groups in total. The number of hydrogen-bond acceptors (Lipinski definition) is 4. The van der Waals surface area contributed by atoms with E-state index in [1.165, 1.54) is 7.11 Å². The molecule has 0 saturated heterocycles. The SMILES string of the molecule is COC(=O)C1(C)NCc2ccccc2N1. The number of methoxy groups -OCH3 is 1. The summed E-state index contributed by atoms with van der Waals surface area (Å²) in [5.41, 5.74) is 1.30. The van der Waals surface area contributed by atoms with E-state index < -0.39 is 5.66 Å². The van der Waals surface area contributed by atoms with Gasteiger partial charge in [0.25, 0.3) is 0 Å². The fourth-order valence-electron chi connectivity index (χ4n) is 1.71. The lowest BCUT2D eigenvalue weighted by atomic mass is 10.0. The van der Waals surface area contributed by atoms with Crippen LogP contribution in [0.4, 0.5) is 5.69 Å². The third-order valence-corrected chi connectivity index (χ3v) is 2.63. The number of hydrogen-bond donors (Lipinski definition) is 2. The van der Waals surface area contributed by atoms with Crippen LogP contribution in [0, 0.1) is 0 Å². The van der Waals surface area contributed by atoms with Crippen LogP contribution >= 0.6 is 0 Å². The van der Waals surface area contributed by atoms with Gasteiger partial charge in [-0.2, -0.15) is 0 Å². The molecule has 1 unspecified atom stereocenters. The standard InChI is InChI=1S/C11H14N2O2/c1-11(10(14)15-2)12-7-8-5-3-4-6-9(8)13-11/h3-6,12-13H,7H2,1-2H3. The second-order valence-electron chi connectivity index (χ2n) is 3.75. The Morgan fingerprint density at radius 3 is 2.93 bits per heavy atom. The largest absolute Gasteiger partial charge is 0.466 e. The first-order chi connectivity index (χ1) is 7.15. The maximum atomic E-state index is 11.6. The molecule has 0 aromatic heterocycles. The number of nitrogens with one attached hydrogen (secondary N) is 2. The van der Waals surface area contributed by atoms with Crippen LogP contribution in [0.25, 0.3) is 0 Å². The van der Waals surface area contributed by atoms with E-state index in [9.17, 15) is 4.79 Å². The summed E-state index contributed by atoms with van der Waals surface area (Å²) in [5, 5.41) is 6.26. The molecule has 0 amide bonds. The van der Waals surface area contributed by atoms with E-state index in [-0.39, 0.29) is 5.97 Å². The Hall–Kier alpha value is -1.55. The van der Waals surface area contributed by atoms with Crippen molar-refractivity contribution >= 4 is 11.7 Å². The Morgan fingerprint density at radius 2 is 2.20 bits per heavy atom. The molecule has 4 nitrogen and oxygen atoms in total. The topological polar surface area (TPSA) is 50.4 Å². The zero-order valence-corrected chi connectivity index (χ0v) is 8.83. The summed E-state index contributed by atoms with van der Waals surface area (Å²) in [6.45, 7) is 2.43. The van der Waals surface area contributed by atoms with Gasteiger partial charge in [0.1, 0.15) is 0 Å². The Bertz CT molecular complexity index is 392. The van der Waals surface area contributed by atoms with E-state index in [0.717, 1.165) is 11.3 Å². The first-order valence-electron chi connectivity index (χ1n) is 4.85. The van der Waals surface area contributed by atoms with Crippen molar-refractivity contribution in [2.24, 2.45) is 0 Å². The molecule has 15 heavy (non-hydrogen) atoms. The molecule has 0 saturated carbocycles. The molecular formula is C11H14N2O2. The minimum Gasteiger partial charge on any atom is -0.466 e. The lowest BCUT2D eigenvalue weighted by molar-refractivity contribution is -0.146. The molecule has 0 spiro atoms. The Kier molecular flexibility index (Phi) is 2.36. The van der Waals surface area contributed by atoms with Crippen LogP contribution in [0.1, 0.15) is 12.5 Å². The van der Waals surface area contributed by atoms with Crippen molar-refractivity contribution in [2.45, 2.75) is 19.1 Å². The number of fused-ring (bicyclic) bond motifs is 1. The zero-order chi connectivity index (χ0) is 10.9. The highest BCUT2D eigenvalue weighted by atomic mass is 16.5. The van der Waals surface area contributed by atoms with Gasteiger partial charge in [-0.15, -0.1) is 0 Å². The van der Waals surface area contributed by atoms with Crippen molar-refractivity contribution in [1.29, 1.82) is 0 Å². The second kappa shape index (κ2) is 3.55. The molecule has 4 heteroatoms. The van der Waals surface area contributed by atoms with Gasteiger partial charge in [0.05, 0.1) is 7.11 Å². The number of para-hydroxylation sites is 1. The van der Waals surface area contributed by atoms with Crippen LogP contribution in [0.15, 0.2) is 24.3 Å². The van der Waals surface area contributed by atoms with Crippen LogP contribution in [-0.4, -0.2) is 18.7 Å². The summed E-state index contributed by atoms with van der Waals surface area (Å²) in [7, 11) is 1.39. The van der Waals surface area contributed by atoms with E-state index in [4.69, 9.17) is 4.74 Å². The highest BCUT2D eigenvalue weighted by molar-refractivity contribution is 5.84. The zero-order valence-electron chi connectivity index (χ0n) is 8.83. The van der Waals surface area contributed by atoms with Gasteiger partial charge in [-0.1, -0.05) is 18.2 Å². The fourth-order valence-corrected chi connectivity index (χ4v) is 1.71. The van der Waals surface area contributed by atoms with Gasteiger partial charge in [0.15, 0.2) is 5.66 Å². The number of rotatable bonds is 1. The van der Waals surface area contributed by atoms with Gasteiger partial charge in [-0.25, -0.2) is 4.79 Å². The van der Waals surface area contributed by atoms with Gasteiger partial charge < -0.3 is 10.1 Å². The third kappa shape index (κ3) is 1.68. The molecular weight excluding hydrogens is 192 g/mol. The lowest BCUT2D eigenvalue weighted by Crippen LogP contribution is -2.58. The first-order valence-corrected chi connectivity index (χ1v) is 4.85. The predicted molar refractivity (Wildman–Crippen MR) is 57.3 cm³/mol. The number of carbonyl (C=O) groups excluding carboxylic acids is 1. The lowest BCUT2D eigenvalue weighted by Gasteiger charge is -2.35. The van der Waals surface area contributed by atoms with Crippen molar-refractivity contribution in [2.75, 3.05) is 12.4 Å². The third-order valence-electron chi connectivity index (χ3n) is 2.63. The molecule has 1 heterocycles. The minimum absolute atomic E-state index is 0.308. The molecule has 1 aliphatic heterocycles. The van der Waals surface area contributed by atoms with E-state index in [0.29, 0.717) is 6.54 Å². The summed E-state index contributed by atoms with van der Waals surface area (Å²) in [6.07, 6.45) is 0. The van der Waals surface area contributed by atoms with Crippen LogP contribution in [-0.2, 0) is 16.1 Å². The van der Waals surface area contributed by atoms with Crippen LogP contribution < -0.4 is 10.6 Å². The van der Waals surface area contributed by atoms with E-state index in [1.54, 1.807) is 6.92 Å². The minimum atomic E-state index is -0.830. The van der Waals surface area contributed by atoms with E-state index in [1.807, 2.05) is 24.3 Å². The summed E-state index contributed by atoms with van der Waals surface area (Å²) in [6, 6.07) is 7.89. The molecule has 80 valence electrons. The molecule has 2 rings (SSSR count). The number of carbonyl (C=O) groups is 1. The summed E-state index contributed by atoms with van der Waals surface area (Å²) < 4.78 is 4.74. The predicted octanol–water partition coefficient (Wildman–Crippen LogP) is 1.09. The van der Waals surface area contributed by atoms with Crippen molar-refractivity contribution in [3.8, 4) is 0 Å². The molecule has 0 fully saturated rings. The van der Waals surface area contributed by atoms with E-state index >= 15 is 0 Å². The van der Waals surface area contributed by atoms with Gasteiger partial charge in [-0.3, -0.25) is 5.32 Å². The number of esters is 1. The summed E-state index contributed by atoms with van der Waals surface area (Å²) in [4.78, 5) is 11.6. The van der Waals surface area contributed by atoms with Crippen LogP contribution in [0.2, 0.25) is 0 Å². The summed E-state index contributed by atoms with van der Waals surface area (Å²) in [5.74, 6) is -0.308. The monoisotopic (exact) mass is 206 g/mol. The van der Waals surface area contributed by atoms with Crippen molar-refractivity contribution in [3.63, 3.8) is 0 Å². The molecule has 1 aliphatic rings. The Morgan fingerprint density at radius 1 is 1.47 bits per heavy atom. The number of anilines is 1. The molecule has 0 aliphatic carbocycles. The van der Waals surface area contributed by atoms with Crippen LogP contribution in [0.3, 0.4) is 0 Å². The highest BCUT2D eigenvalue weighted by Gasteiger charge is 2.36. The number of ether oxygens (including phenoxy) is 1. The maximum absolute atomic E-state index is 11.6. The number of benzene rings is 1. The molecule has 1 aromatic rings. The smallest absolute Gasteiger partial charge is 0.346 e. The molecule has 1 aromatic carbocycles. The molecule has 0 bridgehead atoms. The van der Waals surface area contributed by atoms with Crippen molar-refractivity contribution in [3.05, 3.63) is 29.8 Å². The second-order valence-corrected chi connectivity index (χ2v) is 3.75. The van der Waals surface area contributed by atoms with Crippen LogP contribution in [0.5, 0.6) is 0 Å². The first kappa shape index (κ1) is 9.98. The van der Waals surface area contributed by atoms with E-state index in [2.05, 4.69) is 10.6 Å². The van der Waals surface area contributed by atoms with Crippen molar-refractivity contribution in [1.82, 2.24) is 5.32 Å². The van der Waals surface area contributed by atoms with Gasteiger partial charge >= 0.3 is 5.97 Å². The van der Waals surface area contributed by atoms with Crippen molar-refractivity contribution < 1.29 is 9.53 Å². The maximum Gasteiger partial charge on any atom is 0.346 e. The van der Waals surface area contributed by atoms with Gasteiger partial charge in [0, 0.05) is 12.2 Å². The summed E-state index contributed by atoms with van der Waals surface area (Å²) >= 11 is 0. The van der Waals surface area contributed by atoms with Gasteiger partial charge in [0.2, 0.25) is 0 Å². The quantitative estimate of drug-likeness (QED) is 0.675. The fraction of sp³-hybridized carbons (Fsp3) is 0.364. The normalized spacial score (nSPS) is 23.9. The average molecular weight is 206 g/mol. The molecule has 0 radical (unpaired) electrons. The van der Waals surface area contributed by atoms with Gasteiger partial charge in [-0.05, 0) is 18.6 Å².